The molecule has 0 radical (unpaired) electrons. The number of carbonyl (C=O) groups is 1. The largest absolute Gasteiger partial charge is 0.353 e. The number of nitrogens with one attached hydrogen (secondary N) is 2. The first-order chi connectivity index (χ1) is 6.83. The number of carbonyl (C=O) groups excluding carboxylic acids is 1. The zero-order valence-electron chi connectivity index (χ0n) is 8.72. The molecule has 1 aliphatic heterocycles. The van der Waals surface area contributed by atoms with Gasteiger partial charge < -0.3 is 10.6 Å². The first-order valence-electron chi connectivity index (χ1n) is 5.41. The third-order valence-electron chi connectivity index (χ3n) is 2.68. The molecule has 0 aromatic heterocycles. The van der Waals surface area contributed by atoms with Crippen molar-refractivity contribution < 1.29 is 4.79 Å². The van der Waals surface area contributed by atoms with E-state index in [2.05, 4.69) is 17.2 Å². The van der Waals surface area contributed by atoms with Crippen LogP contribution in [0.2, 0.25) is 0 Å². The molecule has 14 heavy (non-hydrogen) atoms. The summed E-state index contributed by atoms with van der Waals surface area (Å²) in [6.45, 7) is 6.37. The molecule has 0 aromatic carbocycles. The molecule has 1 rings (SSSR count). The highest BCUT2D eigenvalue weighted by Gasteiger charge is 2.13. The van der Waals surface area contributed by atoms with Crippen molar-refractivity contribution in [1.82, 2.24) is 10.6 Å². The maximum atomic E-state index is 11.3. The van der Waals surface area contributed by atoms with Crippen LogP contribution in [0.3, 0.4) is 0 Å². The topological polar surface area (TPSA) is 41.1 Å². The van der Waals surface area contributed by atoms with Gasteiger partial charge in [-0.05, 0) is 38.3 Å². The van der Waals surface area contributed by atoms with Crippen LogP contribution in [0, 0.1) is 5.92 Å². The van der Waals surface area contributed by atoms with E-state index in [1.807, 2.05) is 0 Å². The molecular weight excluding hydrogens is 176 g/mol. The Bertz CT molecular complexity index is 186. The summed E-state index contributed by atoms with van der Waals surface area (Å²) in [5.41, 5.74) is 0. The van der Waals surface area contributed by atoms with Gasteiger partial charge in [-0.1, -0.05) is 6.08 Å². The molecular formula is C11H20N2O. The molecule has 1 fully saturated rings. The predicted octanol–water partition coefficient (Wildman–Crippen LogP) is 1.07. The zero-order valence-corrected chi connectivity index (χ0v) is 8.72. The average Bonchev–Trinajstić information content (AvgIpc) is 2.25. The summed E-state index contributed by atoms with van der Waals surface area (Å²) in [5, 5.41) is 6.12. The van der Waals surface area contributed by atoms with E-state index in [0.717, 1.165) is 25.4 Å². The molecule has 0 unspecified atom stereocenters. The number of rotatable bonds is 5. The molecule has 80 valence electrons. The highest BCUT2D eigenvalue weighted by molar-refractivity contribution is 5.75. The molecule has 0 spiro atoms. The van der Waals surface area contributed by atoms with Crippen molar-refractivity contribution >= 4 is 5.91 Å². The van der Waals surface area contributed by atoms with Crippen LogP contribution in [-0.4, -0.2) is 25.5 Å². The van der Waals surface area contributed by atoms with Gasteiger partial charge in [-0.25, -0.2) is 0 Å². The molecule has 0 aliphatic carbocycles. The van der Waals surface area contributed by atoms with Gasteiger partial charge >= 0.3 is 0 Å². The number of hydrogen-bond donors (Lipinski definition) is 2. The third kappa shape index (κ3) is 4.42. The molecule has 0 atom stereocenters. The summed E-state index contributed by atoms with van der Waals surface area (Å²) in [4.78, 5) is 11.3. The number of amides is 1. The van der Waals surface area contributed by atoms with E-state index in [1.54, 1.807) is 6.08 Å². The monoisotopic (exact) mass is 196 g/mol. The summed E-state index contributed by atoms with van der Waals surface area (Å²) >= 11 is 0. The fraction of sp³-hybridized carbons (Fsp3) is 0.727. The summed E-state index contributed by atoms with van der Waals surface area (Å²) in [5.74, 6) is 0.897. The van der Waals surface area contributed by atoms with Crippen molar-refractivity contribution in [2.75, 3.05) is 19.6 Å². The Balaban J connectivity index is 2.06. The Morgan fingerprint density at radius 1 is 1.50 bits per heavy atom. The minimum absolute atomic E-state index is 0.156. The van der Waals surface area contributed by atoms with Gasteiger partial charge in [0, 0.05) is 13.0 Å². The van der Waals surface area contributed by atoms with Gasteiger partial charge in [0.25, 0.3) is 0 Å². The lowest BCUT2D eigenvalue weighted by molar-refractivity contribution is -0.121. The van der Waals surface area contributed by atoms with Crippen LogP contribution in [0.25, 0.3) is 0 Å². The fourth-order valence-electron chi connectivity index (χ4n) is 1.78. The number of piperidine rings is 1. The van der Waals surface area contributed by atoms with Crippen LogP contribution in [0.15, 0.2) is 12.7 Å². The molecule has 2 N–H and O–H groups in total. The van der Waals surface area contributed by atoms with Gasteiger partial charge in [-0.15, -0.1) is 6.58 Å². The second-order valence-corrected chi connectivity index (χ2v) is 3.82. The second-order valence-electron chi connectivity index (χ2n) is 3.82. The summed E-state index contributed by atoms with van der Waals surface area (Å²) in [6.07, 6.45) is 5.84. The lowest BCUT2D eigenvalue weighted by Gasteiger charge is -2.22. The highest BCUT2D eigenvalue weighted by atomic mass is 16.1. The van der Waals surface area contributed by atoms with E-state index in [0.29, 0.717) is 13.0 Å². The Kier molecular flexibility index (Phi) is 5.30. The Labute approximate surface area is 86.0 Å². The van der Waals surface area contributed by atoms with Crippen LogP contribution >= 0.6 is 0 Å². The van der Waals surface area contributed by atoms with Gasteiger partial charge in [0.2, 0.25) is 5.91 Å². The van der Waals surface area contributed by atoms with Crippen molar-refractivity contribution in [2.45, 2.75) is 25.7 Å². The Morgan fingerprint density at radius 3 is 2.86 bits per heavy atom. The van der Waals surface area contributed by atoms with E-state index >= 15 is 0 Å². The first-order valence-corrected chi connectivity index (χ1v) is 5.41. The van der Waals surface area contributed by atoms with Crippen molar-refractivity contribution in [3.05, 3.63) is 12.7 Å². The Hall–Kier alpha value is -0.830. The van der Waals surface area contributed by atoms with Crippen LogP contribution in [0.1, 0.15) is 25.7 Å². The summed E-state index contributed by atoms with van der Waals surface area (Å²) in [7, 11) is 0. The minimum Gasteiger partial charge on any atom is -0.353 e. The SMILES string of the molecule is C=CCNC(=O)CCC1CCNCC1. The normalized spacial score (nSPS) is 17.7. The third-order valence-corrected chi connectivity index (χ3v) is 2.68. The number of hydrogen-bond acceptors (Lipinski definition) is 2. The standard InChI is InChI=1S/C11H20N2O/c1-2-7-13-11(14)4-3-10-5-8-12-9-6-10/h2,10,12H,1,3-9H2,(H,13,14). The smallest absolute Gasteiger partial charge is 0.220 e. The second kappa shape index (κ2) is 6.60. The predicted molar refractivity (Wildman–Crippen MR) is 58.0 cm³/mol. The van der Waals surface area contributed by atoms with Crippen molar-refractivity contribution in [2.24, 2.45) is 5.92 Å². The zero-order chi connectivity index (χ0) is 10.2. The van der Waals surface area contributed by atoms with E-state index < -0.39 is 0 Å². The lowest BCUT2D eigenvalue weighted by atomic mass is 9.93. The van der Waals surface area contributed by atoms with Crippen LogP contribution in [0.4, 0.5) is 0 Å². The summed E-state index contributed by atoms with van der Waals surface area (Å²) < 4.78 is 0. The van der Waals surface area contributed by atoms with Gasteiger partial charge in [-0.2, -0.15) is 0 Å². The van der Waals surface area contributed by atoms with E-state index in [4.69, 9.17) is 0 Å². The van der Waals surface area contributed by atoms with E-state index in [9.17, 15) is 4.79 Å². The van der Waals surface area contributed by atoms with Gasteiger partial charge in [0.1, 0.15) is 0 Å². The van der Waals surface area contributed by atoms with Crippen molar-refractivity contribution in [1.29, 1.82) is 0 Å². The quantitative estimate of drug-likeness (QED) is 0.646. The Morgan fingerprint density at radius 2 is 2.21 bits per heavy atom. The summed E-state index contributed by atoms with van der Waals surface area (Å²) in [6, 6.07) is 0. The molecule has 0 saturated carbocycles. The van der Waals surface area contributed by atoms with Crippen LogP contribution in [-0.2, 0) is 4.79 Å². The highest BCUT2D eigenvalue weighted by Crippen LogP contribution is 2.17. The molecule has 1 heterocycles. The van der Waals surface area contributed by atoms with Gasteiger partial charge in [-0.3, -0.25) is 4.79 Å². The lowest BCUT2D eigenvalue weighted by Crippen LogP contribution is -2.29. The average molecular weight is 196 g/mol. The fourth-order valence-corrected chi connectivity index (χ4v) is 1.78. The van der Waals surface area contributed by atoms with Gasteiger partial charge in [0.05, 0.1) is 0 Å². The first kappa shape index (κ1) is 11.2. The maximum absolute atomic E-state index is 11.3. The molecule has 1 aliphatic rings. The van der Waals surface area contributed by atoms with Crippen molar-refractivity contribution in [3.63, 3.8) is 0 Å². The molecule has 3 heteroatoms. The molecule has 1 saturated heterocycles. The van der Waals surface area contributed by atoms with Crippen molar-refractivity contribution in [3.8, 4) is 0 Å². The maximum Gasteiger partial charge on any atom is 0.220 e. The molecule has 3 nitrogen and oxygen atoms in total. The van der Waals surface area contributed by atoms with E-state index in [1.165, 1.54) is 12.8 Å². The molecule has 0 bridgehead atoms. The molecule has 0 aromatic rings. The van der Waals surface area contributed by atoms with E-state index in [-0.39, 0.29) is 5.91 Å². The minimum atomic E-state index is 0.156. The van der Waals surface area contributed by atoms with Gasteiger partial charge in [0.15, 0.2) is 0 Å². The molecule has 1 amide bonds. The van der Waals surface area contributed by atoms with Crippen LogP contribution < -0.4 is 10.6 Å². The van der Waals surface area contributed by atoms with Crippen LogP contribution in [0.5, 0.6) is 0 Å².